The Morgan fingerprint density at radius 2 is 2.03 bits per heavy atom. The number of aliphatic hydroxyl groups is 1. The van der Waals surface area contributed by atoms with Gasteiger partial charge in [-0.2, -0.15) is 5.10 Å². The third kappa shape index (κ3) is 4.65. The molecule has 0 spiro atoms. The second-order valence-electron chi connectivity index (χ2n) is 8.75. The van der Waals surface area contributed by atoms with Gasteiger partial charge in [-0.1, -0.05) is 6.42 Å². The molecule has 7 nitrogen and oxygen atoms in total. The van der Waals surface area contributed by atoms with Gasteiger partial charge in [0, 0.05) is 17.1 Å². The van der Waals surface area contributed by atoms with E-state index in [2.05, 4.69) is 16.1 Å². The van der Waals surface area contributed by atoms with E-state index in [0.717, 1.165) is 22.0 Å². The topological polar surface area (TPSA) is 87.1 Å². The molecule has 2 aromatic rings. The maximum absolute atomic E-state index is 11.1. The number of likely N-dealkylation sites (tertiary alicyclic amines) is 1. The summed E-state index contributed by atoms with van der Waals surface area (Å²) in [7, 11) is 0. The highest BCUT2D eigenvalue weighted by Crippen LogP contribution is 2.31. The zero-order chi connectivity index (χ0) is 20.6. The summed E-state index contributed by atoms with van der Waals surface area (Å²) in [5.41, 5.74) is 5.13. The number of aromatic nitrogens is 1. The summed E-state index contributed by atoms with van der Waals surface area (Å²) in [5, 5.41) is 19.5. The van der Waals surface area contributed by atoms with Crippen molar-refractivity contribution in [2.45, 2.75) is 64.1 Å². The Kier molecular flexibility index (Phi) is 5.68. The molecule has 8 heteroatoms. The first kappa shape index (κ1) is 20.4. The van der Waals surface area contributed by atoms with Crippen LogP contribution in [0.5, 0.6) is 0 Å². The Hall–Kier alpha value is -1.90. The van der Waals surface area contributed by atoms with Crippen molar-refractivity contribution >= 4 is 33.3 Å². The van der Waals surface area contributed by atoms with Gasteiger partial charge < -0.3 is 15.7 Å². The average molecular weight is 418 g/mol. The van der Waals surface area contributed by atoms with Gasteiger partial charge in [0.25, 0.3) is 0 Å². The fraction of sp³-hybridized carbons (Fsp3) is 0.619. The molecule has 3 N–H and O–H groups in total. The van der Waals surface area contributed by atoms with Crippen LogP contribution in [0.25, 0.3) is 10.2 Å². The first-order chi connectivity index (χ1) is 13.8. The smallest absolute Gasteiger partial charge is 0.238 e. The summed E-state index contributed by atoms with van der Waals surface area (Å²) in [5.74, 6) is 0.0723. The van der Waals surface area contributed by atoms with Gasteiger partial charge in [0.15, 0.2) is 5.84 Å². The molecule has 5 rings (SSSR count). The Morgan fingerprint density at radius 3 is 2.66 bits per heavy atom. The molecule has 4 heterocycles. The number of thiophene rings is 1. The molecule has 0 atom stereocenters. The zero-order valence-corrected chi connectivity index (χ0v) is 18.1. The molecule has 1 saturated heterocycles. The van der Waals surface area contributed by atoms with E-state index in [1.165, 1.54) is 45.2 Å². The van der Waals surface area contributed by atoms with E-state index in [0.29, 0.717) is 12.4 Å². The van der Waals surface area contributed by atoms with E-state index in [1.807, 2.05) is 16.0 Å². The van der Waals surface area contributed by atoms with Crippen LogP contribution in [0, 0.1) is 0 Å². The second kappa shape index (κ2) is 8.08. The minimum atomic E-state index is -1.11. The van der Waals surface area contributed by atoms with Gasteiger partial charge in [-0.05, 0) is 70.1 Å². The summed E-state index contributed by atoms with van der Waals surface area (Å²) in [6.07, 6.45) is 7.36. The number of nitrogens with two attached hydrogens (primary N) is 1. The molecule has 0 bridgehead atoms. The number of nitrogens with zero attached hydrogens (tertiary/aromatic N) is 4. The molecular weight excluding hydrogens is 386 g/mol. The highest BCUT2D eigenvalue weighted by atomic mass is 32.1. The Balaban J connectivity index is 0.000000188. The molecule has 1 saturated carbocycles. The van der Waals surface area contributed by atoms with E-state index in [9.17, 15) is 9.90 Å². The Labute approximate surface area is 175 Å². The van der Waals surface area contributed by atoms with Gasteiger partial charge in [-0.15, -0.1) is 11.3 Å². The molecule has 158 valence electrons. The van der Waals surface area contributed by atoms with Crippen molar-refractivity contribution in [2.24, 2.45) is 10.8 Å². The average Bonchev–Trinajstić information content (AvgIpc) is 3.32. The third-order valence-corrected chi connectivity index (χ3v) is 6.53. The molecular formula is C21H31N5O2S. The van der Waals surface area contributed by atoms with Crippen LogP contribution < -0.4 is 5.73 Å². The standard InChI is InChI=1S/C13H16N4O2S.C8H15N/c1-13(2,19)12-15-16(7-10(14)18)6-9-5-8-3-4-20-11(8)17(9)12;1-2-6-9(7-3-1)8-4-5-8/h3-5,19H,6-7H2,1-2H3,(H2,14,18);8H,1-7H2. The fourth-order valence-corrected chi connectivity index (χ4v) is 5.03. The van der Waals surface area contributed by atoms with Crippen molar-refractivity contribution in [1.29, 1.82) is 0 Å². The molecule has 1 aliphatic carbocycles. The van der Waals surface area contributed by atoms with Gasteiger partial charge in [0.1, 0.15) is 17.0 Å². The number of hydrogen-bond acceptors (Lipinski definition) is 6. The molecule has 3 aliphatic rings. The number of hydrogen-bond donors (Lipinski definition) is 2. The summed E-state index contributed by atoms with van der Waals surface area (Å²) in [4.78, 5) is 14.8. The fourth-order valence-electron chi connectivity index (χ4n) is 4.12. The number of amides is 1. The summed E-state index contributed by atoms with van der Waals surface area (Å²) in [6, 6.07) is 5.11. The minimum Gasteiger partial charge on any atom is -0.382 e. The first-order valence-corrected chi connectivity index (χ1v) is 11.4. The van der Waals surface area contributed by atoms with Crippen LogP contribution >= 0.6 is 11.3 Å². The quantitative estimate of drug-likeness (QED) is 0.800. The van der Waals surface area contributed by atoms with E-state index in [1.54, 1.807) is 30.2 Å². The number of carbonyl (C=O) groups excluding carboxylic acids is 1. The van der Waals surface area contributed by atoms with Gasteiger partial charge in [0.05, 0.1) is 6.54 Å². The maximum Gasteiger partial charge on any atom is 0.238 e. The molecule has 0 radical (unpaired) electrons. The lowest BCUT2D eigenvalue weighted by atomic mass is 10.1. The maximum atomic E-state index is 11.1. The van der Waals surface area contributed by atoms with Crippen molar-refractivity contribution < 1.29 is 9.90 Å². The van der Waals surface area contributed by atoms with Crippen molar-refractivity contribution in [3.8, 4) is 0 Å². The zero-order valence-electron chi connectivity index (χ0n) is 17.3. The molecule has 29 heavy (non-hydrogen) atoms. The number of rotatable bonds is 4. The van der Waals surface area contributed by atoms with Crippen molar-refractivity contribution in [3.63, 3.8) is 0 Å². The monoisotopic (exact) mass is 417 g/mol. The molecule has 2 aromatic heterocycles. The summed E-state index contributed by atoms with van der Waals surface area (Å²) >= 11 is 1.60. The van der Waals surface area contributed by atoms with E-state index in [4.69, 9.17) is 5.73 Å². The van der Waals surface area contributed by atoms with Crippen molar-refractivity contribution in [1.82, 2.24) is 14.5 Å². The highest BCUT2D eigenvalue weighted by molar-refractivity contribution is 7.17. The van der Waals surface area contributed by atoms with E-state index < -0.39 is 11.5 Å². The number of carbonyl (C=O) groups is 1. The first-order valence-electron chi connectivity index (χ1n) is 10.5. The van der Waals surface area contributed by atoms with Crippen LogP contribution in [0.2, 0.25) is 0 Å². The molecule has 2 fully saturated rings. The van der Waals surface area contributed by atoms with Gasteiger partial charge in [-0.25, -0.2) is 0 Å². The van der Waals surface area contributed by atoms with Crippen LogP contribution in [0.1, 0.15) is 51.6 Å². The predicted molar refractivity (Wildman–Crippen MR) is 117 cm³/mol. The van der Waals surface area contributed by atoms with Crippen LogP contribution in [-0.2, 0) is 11.3 Å². The summed E-state index contributed by atoms with van der Waals surface area (Å²) in [6.45, 7) is 6.70. The number of fused-ring (bicyclic) bond motifs is 3. The van der Waals surface area contributed by atoms with Crippen LogP contribution in [0.4, 0.5) is 0 Å². The lowest BCUT2D eigenvalue weighted by Crippen LogP contribution is -2.44. The van der Waals surface area contributed by atoms with Crippen molar-refractivity contribution in [2.75, 3.05) is 19.6 Å². The van der Waals surface area contributed by atoms with E-state index >= 15 is 0 Å². The Bertz CT molecular complexity index is 900. The van der Waals surface area contributed by atoms with Gasteiger partial charge in [-0.3, -0.25) is 14.4 Å². The van der Waals surface area contributed by atoms with E-state index in [-0.39, 0.29) is 6.54 Å². The second-order valence-corrected chi connectivity index (χ2v) is 9.65. The lowest BCUT2D eigenvalue weighted by Gasteiger charge is -2.31. The molecule has 0 aromatic carbocycles. The largest absolute Gasteiger partial charge is 0.382 e. The summed E-state index contributed by atoms with van der Waals surface area (Å²) < 4.78 is 1.97. The van der Waals surface area contributed by atoms with Gasteiger partial charge in [0.2, 0.25) is 5.91 Å². The van der Waals surface area contributed by atoms with Crippen LogP contribution in [0.15, 0.2) is 22.6 Å². The molecule has 0 unspecified atom stereocenters. The van der Waals surface area contributed by atoms with Crippen molar-refractivity contribution in [3.05, 3.63) is 23.2 Å². The lowest BCUT2D eigenvalue weighted by molar-refractivity contribution is -0.119. The highest BCUT2D eigenvalue weighted by Gasteiger charge is 2.32. The van der Waals surface area contributed by atoms with Gasteiger partial charge >= 0.3 is 0 Å². The predicted octanol–water partition coefficient (Wildman–Crippen LogP) is 2.57. The molecule has 2 aliphatic heterocycles. The van der Waals surface area contributed by atoms with Crippen LogP contribution in [-0.4, -0.2) is 62.6 Å². The Morgan fingerprint density at radius 1 is 1.31 bits per heavy atom. The minimum absolute atomic E-state index is 0.0401. The third-order valence-electron chi connectivity index (χ3n) is 5.62. The van der Waals surface area contributed by atoms with Crippen LogP contribution in [0.3, 0.4) is 0 Å². The SMILES string of the molecule is C1CCN(C2CC2)CC1.CC(C)(O)C1=NN(CC(N)=O)Cc2cc3ccsc3n21. The number of piperidine rings is 1. The number of primary amides is 1. The normalized spacial score (nSPS) is 20.1. The number of hydrazone groups is 1. The molecule has 1 amide bonds.